The lowest BCUT2D eigenvalue weighted by Gasteiger charge is -2.22. The molecule has 0 aliphatic carbocycles. The lowest BCUT2D eigenvalue weighted by atomic mass is 10.0. The van der Waals surface area contributed by atoms with Gasteiger partial charge in [-0.1, -0.05) is 13.8 Å². The van der Waals surface area contributed by atoms with Crippen molar-refractivity contribution >= 4 is 17.8 Å². The molecule has 0 spiro atoms. The average molecular weight is 324 g/mol. The molecular formula is C15H24N4O4. The monoisotopic (exact) mass is 324 g/mol. The number of aliphatic carboxylic acids is 1. The Bertz CT molecular complexity index is 542. The number of aromatic nitrogens is 2. The van der Waals surface area contributed by atoms with Crippen LogP contribution in [0.15, 0.2) is 18.5 Å². The fraction of sp³-hybridized carbons (Fsp3) is 0.600. The van der Waals surface area contributed by atoms with Gasteiger partial charge >= 0.3 is 5.97 Å². The molecule has 0 fully saturated rings. The smallest absolute Gasteiger partial charge is 0.326 e. The summed E-state index contributed by atoms with van der Waals surface area (Å²) in [5.74, 6) is -1.72. The first-order chi connectivity index (χ1) is 10.7. The predicted octanol–water partition coefficient (Wildman–Crippen LogP) is 0.518. The Labute approximate surface area is 135 Å². The Morgan fingerprint density at radius 3 is 2.43 bits per heavy atom. The van der Waals surface area contributed by atoms with Gasteiger partial charge in [0.2, 0.25) is 11.8 Å². The van der Waals surface area contributed by atoms with Crippen molar-refractivity contribution in [2.75, 3.05) is 13.6 Å². The highest BCUT2D eigenvalue weighted by molar-refractivity contribution is 5.88. The minimum atomic E-state index is -1.08. The van der Waals surface area contributed by atoms with Crippen LogP contribution in [0.25, 0.3) is 0 Å². The van der Waals surface area contributed by atoms with Crippen LogP contribution >= 0.6 is 0 Å². The Morgan fingerprint density at radius 1 is 1.30 bits per heavy atom. The topological polar surface area (TPSA) is 105 Å². The largest absolute Gasteiger partial charge is 0.480 e. The number of carboxylic acid groups (broad SMARTS) is 1. The van der Waals surface area contributed by atoms with Gasteiger partial charge in [0.05, 0.1) is 6.54 Å². The first-order valence-electron chi connectivity index (χ1n) is 7.48. The van der Waals surface area contributed by atoms with Crippen molar-refractivity contribution in [2.45, 2.75) is 39.3 Å². The minimum Gasteiger partial charge on any atom is -0.480 e. The molecule has 0 bridgehead atoms. The van der Waals surface area contributed by atoms with Gasteiger partial charge < -0.3 is 15.3 Å². The summed E-state index contributed by atoms with van der Waals surface area (Å²) in [7, 11) is 1.50. The van der Waals surface area contributed by atoms with E-state index >= 15 is 0 Å². The number of hydrogen-bond donors (Lipinski definition) is 2. The quantitative estimate of drug-likeness (QED) is 0.725. The number of carboxylic acids is 1. The van der Waals surface area contributed by atoms with Gasteiger partial charge in [-0.3, -0.25) is 14.3 Å². The summed E-state index contributed by atoms with van der Waals surface area (Å²) in [5, 5.41) is 15.6. The third-order valence-corrected chi connectivity index (χ3v) is 3.38. The van der Waals surface area contributed by atoms with Gasteiger partial charge in [0, 0.05) is 19.4 Å². The standard InChI is InChI=1S/C15H24N4O4/c1-10(2)8-12(15(22)23)17-13(20)9-18(4)14(21)11(3)19-7-5-6-16-19/h5-7,10-12H,8-9H2,1-4H3,(H,17,20)(H,22,23)/t11?,12-/m0/s1. The number of nitrogens with one attached hydrogen (secondary N) is 1. The molecule has 1 unspecified atom stereocenters. The molecule has 0 radical (unpaired) electrons. The molecule has 128 valence electrons. The fourth-order valence-electron chi connectivity index (χ4n) is 2.17. The van der Waals surface area contributed by atoms with E-state index in [0.29, 0.717) is 6.42 Å². The summed E-state index contributed by atoms with van der Waals surface area (Å²) in [5.41, 5.74) is 0. The number of hydrogen-bond acceptors (Lipinski definition) is 4. The molecule has 1 heterocycles. The van der Waals surface area contributed by atoms with E-state index in [-0.39, 0.29) is 18.4 Å². The number of carbonyl (C=O) groups is 3. The second-order valence-corrected chi connectivity index (χ2v) is 5.94. The summed E-state index contributed by atoms with van der Waals surface area (Å²) in [6.07, 6.45) is 3.57. The molecule has 0 aromatic carbocycles. The Kier molecular flexibility index (Phi) is 6.74. The second-order valence-electron chi connectivity index (χ2n) is 5.94. The molecule has 1 aromatic rings. The second kappa shape index (κ2) is 8.30. The molecule has 2 N–H and O–H groups in total. The molecule has 2 amide bonds. The zero-order valence-electron chi connectivity index (χ0n) is 13.9. The molecule has 1 rings (SSSR count). The zero-order valence-corrected chi connectivity index (χ0v) is 13.9. The first kappa shape index (κ1) is 18.7. The van der Waals surface area contributed by atoms with Gasteiger partial charge in [0.1, 0.15) is 12.1 Å². The Hall–Kier alpha value is -2.38. The van der Waals surface area contributed by atoms with Crippen molar-refractivity contribution in [1.82, 2.24) is 20.0 Å². The Morgan fingerprint density at radius 2 is 1.96 bits per heavy atom. The third-order valence-electron chi connectivity index (χ3n) is 3.38. The minimum absolute atomic E-state index is 0.135. The number of likely N-dealkylation sites (N-methyl/N-ethyl adjacent to an activating group) is 1. The SMILES string of the molecule is CC(C)C[C@H](NC(=O)CN(C)C(=O)C(C)n1cccn1)C(=O)O. The number of carbonyl (C=O) groups excluding carboxylic acids is 2. The summed E-state index contributed by atoms with van der Waals surface area (Å²) in [4.78, 5) is 36.6. The van der Waals surface area contributed by atoms with Crippen LogP contribution in [0.4, 0.5) is 0 Å². The highest BCUT2D eigenvalue weighted by Gasteiger charge is 2.24. The van der Waals surface area contributed by atoms with Crippen LogP contribution < -0.4 is 5.32 Å². The molecule has 8 nitrogen and oxygen atoms in total. The molecule has 0 aliphatic rings. The van der Waals surface area contributed by atoms with Gasteiger partial charge in [0.15, 0.2) is 0 Å². The van der Waals surface area contributed by atoms with Crippen LogP contribution in [-0.2, 0) is 14.4 Å². The maximum absolute atomic E-state index is 12.2. The van der Waals surface area contributed by atoms with Crippen LogP contribution in [0.5, 0.6) is 0 Å². The van der Waals surface area contributed by atoms with E-state index < -0.39 is 24.0 Å². The van der Waals surface area contributed by atoms with E-state index in [2.05, 4.69) is 10.4 Å². The van der Waals surface area contributed by atoms with Gasteiger partial charge in [-0.15, -0.1) is 0 Å². The molecule has 23 heavy (non-hydrogen) atoms. The normalized spacial score (nSPS) is 13.4. The van der Waals surface area contributed by atoms with Crippen LogP contribution in [0.1, 0.15) is 33.2 Å². The molecule has 0 aliphatic heterocycles. The van der Waals surface area contributed by atoms with Crippen molar-refractivity contribution in [3.05, 3.63) is 18.5 Å². The van der Waals surface area contributed by atoms with Crippen molar-refractivity contribution in [3.63, 3.8) is 0 Å². The van der Waals surface area contributed by atoms with Crippen LogP contribution in [0.3, 0.4) is 0 Å². The van der Waals surface area contributed by atoms with Crippen LogP contribution in [-0.4, -0.2) is 57.2 Å². The molecule has 8 heteroatoms. The van der Waals surface area contributed by atoms with Crippen molar-refractivity contribution in [2.24, 2.45) is 5.92 Å². The third kappa shape index (κ3) is 5.72. The highest BCUT2D eigenvalue weighted by atomic mass is 16.4. The lowest BCUT2D eigenvalue weighted by molar-refractivity contribution is -0.143. The average Bonchev–Trinajstić information content (AvgIpc) is 2.98. The Balaban J connectivity index is 2.58. The van der Waals surface area contributed by atoms with E-state index in [1.807, 2.05) is 13.8 Å². The lowest BCUT2D eigenvalue weighted by Crippen LogP contribution is -2.47. The summed E-state index contributed by atoms with van der Waals surface area (Å²) in [6, 6.07) is 0.225. The van der Waals surface area contributed by atoms with Gasteiger partial charge in [-0.05, 0) is 25.3 Å². The van der Waals surface area contributed by atoms with E-state index in [1.165, 1.54) is 16.6 Å². The van der Waals surface area contributed by atoms with Crippen molar-refractivity contribution in [3.8, 4) is 0 Å². The van der Waals surface area contributed by atoms with Crippen LogP contribution in [0, 0.1) is 5.92 Å². The van der Waals surface area contributed by atoms with Gasteiger partial charge in [0.25, 0.3) is 0 Å². The summed E-state index contributed by atoms with van der Waals surface area (Å²) < 4.78 is 1.50. The molecular weight excluding hydrogens is 300 g/mol. The summed E-state index contributed by atoms with van der Waals surface area (Å²) >= 11 is 0. The molecule has 0 saturated heterocycles. The first-order valence-corrected chi connectivity index (χ1v) is 7.48. The fourth-order valence-corrected chi connectivity index (χ4v) is 2.17. The van der Waals surface area contributed by atoms with E-state index in [4.69, 9.17) is 5.11 Å². The molecule has 2 atom stereocenters. The zero-order chi connectivity index (χ0) is 17.6. The summed E-state index contributed by atoms with van der Waals surface area (Å²) in [6.45, 7) is 5.24. The number of nitrogens with zero attached hydrogens (tertiary/aromatic N) is 3. The maximum Gasteiger partial charge on any atom is 0.326 e. The maximum atomic E-state index is 12.2. The van der Waals surface area contributed by atoms with E-state index in [1.54, 1.807) is 25.4 Å². The highest BCUT2D eigenvalue weighted by Crippen LogP contribution is 2.08. The van der Waals surface area contributed by atoms with Crippen molar-refractivity contribution in [1.29, 1.82) is 0 Å². The van der Waals surface area contributed by atoms with Crippen LogP contribution in [0.2, 0.25) is 0 Å². The van der Waals surface area contributed by atoms with Gasteiger partial charge in [-0.25, -0.2) is 4.79 Å². The van der Waals surface area contributed by atoms with Gasteiger partial charge in [-0.2, -0.15) is 5.10 Å². The van der Waals surface area contributed by atoms with E-state index in [0.717, 1.165) is 0 Å². The number of amides is 2. The predicted molar refractivity (Wildman–Crippen MR) is 83.6 cm³/mol. The molecule has 0 saturated carbocycles. The van der Waals surface area contributed by atoms with E-state index in [9.17, 15) is 14.4 Å². The van der Waals surface area contributed by atoms with Crippen molar-refractivity contribution < 1.29 is 19.5 Å². The molecule has 1 aromatic heterocycles. The number of rotatable bonds is 8.